The smallest absolute Gasteiger partial charge is 0.251 e. The van der Waals surface area contributed by atoms with Crippen molar-refractivity contribution in [2.24, 2.45) is 0 Å². The summed E-state index contributed by atoms with van der Waals surface area (Å²) in [6.07, 6.45) is 0. The third kappa shape index (κ3) is 3.27. The molecule has 0 spiro atoms. The minimum Gasteiger partial charge on any atom is -0.492 e. The van der Waals surface area contributed by atoms with Gasteiger partial charge in [-0.1, -0.05) is 34.6 Å². The molecule has 0 saturated carbocycles. The molecule has 4 heteroatoms. The maximum absolute atomic E-state index is 12.4. The summed E-state index contributed by atoms with van der Waals surface area (Å²) in [5.74, 6) is 0.888. The first kappa shape index (κ1) is 16.8. The molecule has 0 unspecified atom stereocenters. The van der Waals surface area contributed by atoms with Gasteiger partial charge in [-0.3, -0.25) is 4.79 Å². The van der Waals surface area contributed by atoms with Gasteiger partial charge in [0.2, 0.25) is 0 Å². The van der Waals surface area contributed by atoms with E-state index in [1.165, 1.54) is 0 Å². The van der Waals surface area contributed by atoms with Crippen LogP contribution in [0.4, 0.5) is 0 Å². The fourth-order valence-electron chi connectivity index (χ4n) is 2.67. The lowest BCUT2D eigenvalue weighted by atomic mass is 9.79. The maximum Gasteiger partial charge on any atom is 0.251 e. The fraction of sp³-hybridized carbons (Fsp3) is 0.611. The lowest BCUT2D eigenvalue weighted by Gasteiger charge is -2.24. The van der Waals surface area contributed by atoms with Gasteiger partial charge in [-0.15, -0.1) is 0 Å². The Balaban J connectivity index is 2.43. The van der Waals surface area contributed by atoms with Gasteiger partial charge in [0.1, 0.15) is 5.75 Å². The summed E-state index contributed by atoms with van der Waals surface area (Å²) in [5.41, 5.74) is 2.76. The third-order valence-corrected chi connectivity index (χ3v) is 4.06. The summed E-state index contributed by atoms with van der Waals surface area (Å²) in [6.45, 7) is 12.4. The largest absolute Gasteiger partial charge is 0.492 e. The van der Waals surface area contributed by atoms with Crippen molar-refractivity contribution >= 4 is 5.91 Å². The average Bonchev–Trinajstić information content (AvgIpc) is 2.73. The van der Waals surface area contributed by atoms with E-state index in [4.69, 9.17) is 9.47 Å². The number of methoxy groups -OCH3 is 1. The first-order valence-electron chi connectivity index (χ1n) is 7.76. The van der Waals surface area contributed by atoms with E-state index in [1.54, 1.807) is 7.11 Å². The van der Waals surface area contributed by atoms with E-state index in [9.17, 15) is 4.79 Å². The van der Waals surface area contributed by atoms with E-state index in [0.717, 1.165) is 16.9 Å². The number of carbonyl (C=O) groups excluding carboxylic acids is 1. The summed E-state index contributed by atoms with van der Waals surface area (Å²) in [7, 11) is 1.62. The highest BCUT2D eigenvalue weighted by Crippen LogP contribution is 2.45. The Kier molecular flexibility index (Phi) is 4.52. The van der Waals surface area contributed by atoms with Crippen molar-refractivity contribution < 1.29 is 14.3 Å². The van der Waals surface area contributed by atoms with Crippen LogP contribution in [0.2, 0.25) is 0 Å². The first-order chi connectivity index (χ1) is 10.2. The Labute approximate surface area is 133 Å². The van der Waals surface area contributed by atoms with Crippen LogP contribution in [0.15, 0.2) is 12.1 Å². The number of rotatable bonds is 4. The lowest BCUT2D eigenvalue weighted by molar-refractivity contribution is 0.0937. The molecule has 0 radical (unpaired) electrons. The van der Waals surface area contributed by atoms with E-state index >= 15 is 0 Å². The number of benzene rings is 1. The average molecular weight is 305 g/mol. The van der Waals surface area contributed by atoms with Crippen molar-refractivity contribution in [3.63, 3.8) is 0 Å². The van der Waals surface area contributed by atoms with E-state index in [2.05, 4.69) is 39.9 Å². The molecule has 1 aliphatic heterocycles. The topological polar surface area (TPSA) is 47.6 Å². The quantitative estimate of drug-likeness (QED) is 0.870. The Morgan fingerprint density at radius 2 is 2.05 bits per heavy atom. The van der Waals surface area contributed by atoms with E-state index in [-0.39, 0.29) is 16.7 Å². The molecular weight excluding hydrogens is 278 g/mol. The normalized spacial score (nSPS) is 16.1. The molecule has 0 bridgehead atoms. The molecule has 1 aromatic rings. The molecule has 4 nitrogen and oxygen atoms in total. The highest BCUT2D eigenvalue weighted by atomic mass is 16.5. The number of ether oxygens (including phenoxy) is 2. The Morgan fingerprint density at radius 3 is 2.64 bits per heavy atom. The highest BCUT2D eigenvalue weighted by Gasteiger charge is 2.36. The predicted molar refractivity (Wildman–Crippen MR) is 87.9 cm³/mol. The van der Waals surface area contributed by atoms with Crippen molar-refractivity contribution in [1.29, 1.82) is 0 Å². The predicted octanol–water partition coefficient (Wildman–Crippen LogP) is 3.03. The number of nitrogens with one attached hydrogen (secondary N) is 1. The SMILES string of the molecule is COCCNC(=O)c1cc(C(C)(C)C)c2c(c1)C(C)(C)CO2. The molecule has 0 saturated heterocycles. The second kappa shape index (κ2) is 5.92. The van der Waals surface area contributed by atoms with Gasteiger partial charge in [0.15, 0.2) is 0 Å². The van der Waals surface area contributed by atoms with Crippen LogP contribution in [-0.4, -0.2) is 32.8 Å². The van der Waals surface area contributed by atoms with Crippen molar-refractivity contribution in [2.75, 3.05) is 26.9 Å². The number of carbonyl (C=O) groups is 1. The summed E-state index contributed by atoms with van der Waals surface area (Å²) >= 11 is 0. The van der Waals surface area contributed by atoms with Gasteiger partial charge in [0.05, 0.1) is 13.2 Å². The summed E-state index contributed by atoms with van der Waals surface area (Å²) in [4.78, 5) is 12.4. The number of hydrogen-bond acceptors (Lipinski definition) is 3. The van der Waals surface area contributed by atoms with Gasteiger partial charge in [-0.2, -0.15) is 0 Å². The zero-order chi connectivity index (χ0) is 16.5. The summed E-state index contributed by atoms with van der Waals surface area (Å²) in [5, 5.41) is 2.89. The fourth-order valence-corrected chi connectivity index (χ4v) is 2.67. The molecule has 1 N–H and O–H groups in total. The van der Waals surface area contributed by atoms with Crippen LogP contribution >= 0.6 is 0 Å². The van der Waals surface area contributed by atoms with Crippen LogP contribution in [0.25, 0.3) is 0 Å². The second-order valence-corrected chi connectivity index (χ2v) is 7.57. The monoisotopic (exact) mass is 305 g/mol. The molecule has 1 heterocycles. The maximum atomic E-state index is 12.4. The molecule has 2 rings (SSSR count). The molecule has 1 aromatic carbocycles. The Morgan fingerprint density at radius 1 is 1.36 bits per heavy atom. The van der Waals surface area contributed by atoms with Gasteiger partial charge in [0, 0.05) is 35.8 Å². The van der Waals surface area contributed by atoms with Crippen LogP contribution in [-0.2, 0) is 15.6 Å². The van der Waals surface area contributed by atoms with Crippen LogP contribution in [0.5, 0.6) is 5.75 Å². The Hall–Kier alpha value is -1.55. The van der Waals surface area contributed by atoms with Crippen molar-refractivity contribution in [3.8, 4) is 5.75 Å². The molecule has 1 amide bonds. The van der Waals surface area contributed by atoms with E-state index in [1.807, 2.05) is 12.1 Å². The van der Waals surface area contributed by atoms with Gasteiger partial charge in [0.25, 0.3) is 5.91 Å². The van der Waals surface area contributed by atoms with Gasteiger partial charge in [-0.05, 0) is 17.5 Å². The minimum atomic E-state index is -0.0761. The zero-order valence-electron chi connectivity index (χ0n) is 14.5. The second-order valence-electron chi connectivity index (χ2n) is 7.57. The highest BCUT2D eigenvalue weighted by molar-refractivity contribution is 5.95. The number of fused-ring (bicyclic) bond motifs is 1. The molecule has 122 valence electrons. The number of hydrogen-bond donors (Lipinski definition) is 1. The van der Waals surface area contributed by atoms with Gasteiger partial charge < -0.3 is 14.8 Å². The molecule has 1 aliphatic rings. The van der Waals surface area contributed by atoms with Gasteiger partial charge in [-0.25, -0.2) is 0 Å². The van der Waals surface area contributed by atoms with Crippen LogP contribution in [0, 0.1) is 0 Å². The lowest BCUT2D eigenvalue weighted by Crippen LogP contribution is -2.28. The minimum absolute atomic E-state index is 0.0620. The summed E-state index contributed by atoms with van der Waals surface area (Å²) < 4.78 is 10.9. The van der Waals surface area contributed by atoms with E-state index in [0.29, 0.717) is 25.3 Å². The number of amides is 1. The first-order valence-corrected chi connectivity index (χ1v) is 7.76. The van der Waals surface area contributed by atoms with E-state index < -0.39 is 0 Å². The van der Waals surface area contributed by atoms with Crippen molar-refractivity contribution in [1.82, 2.24) is 5.32 Å². The standard InChI is InChI=1S/C18H27NO3/c1-17(2,3)13-9-12(16(20)19-7-8-21-6)10-14-15(13)22-11-18(14,4)5/h9-10H,7-8,11H2,1-6H3,(H,19,20). The third-order valence-electron chi connectivity index (χ3n) is 4.06. The molecule has 0 atom stereocenters. The molecule has 0 aromatic heterocycles. The molecular formula is C18H27NO3. The molecule has 22 heavy (non-hydrogen) atoms. The van der Waals surface area contributed by atoms with Crippen molar-refractivity contribution in [3.05, 3.63) is 28.8 Å². The molecule has 0 fully saturated rings. The molecule has 0 aliphatic carbocycles. The van der Waals surface area contributed by atoms with Gasteiger partial charge >= 0.3 is 0 Å². The summed E-state index contributed by atoms with van der Waals surface area (Å²) in [6, 6.07) is 3.93. The van der Waals surface area contributed by atoms with Crippen molar-refractivity contribution in [2.45, 2.75) is 45.4 Å². The van der Waals surface area contributed by atoms with Crippen LogP contribution < -0.4 is 10.1 Å². The van der Waals surface area contributed by atoms with Crippen LogP contribution in [0.3, 0.4) is 0 Å². The zero-order valence-corrected chi connectivity index (χ0v) is 14.5. The van der Waals surface area contributed by atoms with Crippen LogP contribution in [0.1, 0.15) is 56.1 Å². The Bertz CT molecular complexity index is 570.